The lowest BCUT2D eigenvalue weighted by atomic mass is 10.1. The number of rotatable bonds is 3. The molecule has 1 unspecified atom stereocenters. The van der Waals surface area contributed by atoms with Crippen LogP contribution in [0.2, 0.25) is 0 Å². The molecule has 0 aliphatic carbocycles. The Kier molecular flexibility index (Phi) is 5.23. The van der Waals surface area contributed by atoms with E-state index in [-0.39, 0.29) is 5.91 Å². The van der Waals surface area contributed by atoms with Crippen molar-refractivity contribution in [3.63, 3.8) is 0 Å². The number of aryl methyl sites for hydroxylation is 1. The van der Waals surface area contributed by atoms with Crippen molar-refractivity contribution in [1.82, 2.24) is 9.80 Å². The molecule has 1 N–H and O–H groups in total. The van der Waals surface area contributed by atoms with Crippen LogP contribution in [-0.4, -0.2) is 55.5 Å². The fourth-order valence-electron chi connectivity index (χ4n) is 3.10. The van der Waals surface area contributed by atoms with Crippen molar-refractivity contribution in [3.8, 4) is 0 Å². The number of hydrogen-bond donors (Lipinski definition) is 1. The summed E-state index contributed by atoms with van der Waals surface area (Å²) in [6, 6.07) is 6.24. The highest BCUT2D eigenvalue weighted by Gasteiger charge is 2.26. The maximum absolute atomic E-state index is 12.9. The molecular formula is C17H27N3O. The Morgan fingerprint density at radius 2 is 2.14 bits per heavy atom. The van der Waals surface area contributed by atoms with Crippen LogP contribution < -0.4 is 5.32 Å². The molecule has 1 saturated heterocycles. The Hall–Kier alpha value is -1.55. The highest BCUT2D eigenvalue weighted by atomic mass is 16.2. The molecule has 0 bridgehead atoms. The van der Waals surface area contributed by atoms with Crippen LogP contribution in [0.15, 0.2) is 18.2 Å². The van der Waals surface area contributed by atoms with Crippen molar-refractivity contribution in [2.75, 3.05) is 39.0 Å². The molecule has 1 fully saturated rings. The maximum atomic E-state index is 12.9. The van der Waals surface area contributed by atoms with E-state index < -0.39 is 0 Å². The highest BCUT2D eigenvalue weighted by molar-refractivity contribution is 5.95. The van der Waals surface area contributed by atoms with Gasteiger partial charge in [0.15, 0.2) is 0 Å². The van der Waals surface area contributed by atoms with Crippen LogP contribution in [0.25, 0.3) is 0 Å². The van der Waals surface area contributed by atoms with Gasteiger partial charge in [-0.3, -0.25) is 4.79 Å². The zero-order chi connectivity index (χ0) is 15.4. The van der Waals surface area contributed by atoms with E-state index in [0.29, 0.717) is 6.04 Å². The van der Waals surface area contributed by atoms with Gasteiger partial charge in [-0.15, -0.1) is 0 Å². The van der Waals surface area contributed by atoms with Gasteiger partial charge in [-0.1, -0.05) is 6.92 Å². The largest absolute Gasteiger partial charge is 0.388 e. The average Bonchev–Trinajstić information content (AvgIpc) is 2.67. The van der Waals surface area contributed by atoms with E-state index >= 15 is 0 Å². The van der Waals surface area contributed by atoms with Crippen molar-refractivity contribution in [2.24, 2.45) is 0 Å². The van der Waals surface area contributed by atoms with Crippen LogP contribution in [0.4, 0.5) is 5.69 Å². The summed E-state index contributed by atoms with van der Waals surface area (Å²) in [7, 11) is 4.05. The Balaban J connectivity index is 2.22. The third-order valence-electron chi connectivity index (χ3n) is 4.38. The minimum Gasteiger partial charge on any atom is -0.388 e. The molecule has 1 aromatic carbocycles. The van der Waals surface area contributed by atoms with Gasteiger partial charge in [-0.2, -0.15) is 0 Å². The van der Waals surface area contributed by atoms with Crippen molar-refractivity contribution in [2.45, 2.75) is 32.7 Å². The highest BCUT2D eigenvalue weighted by Crippen LogP contribution is 2.20. The molecule has 0 saturated carbocycles. The van der Waals surface area contributed by atoms with E-state index in [1.165, 1.54) is 0 Å². The number of likely N-dealkylation sites (N-methyl/N-ethyl adjacent to an activating group) is 1. The Morgan fingerprint density at radius 3 is 2.76 bits per heavy atom. The standard InChI is InChI=1S/C17H27N3O/c1-5-15-12-19(4)9-6-10-20(15)17(21)14-7-8-16(18-3)13(2)11-14/h7-8,11,15,18H,5-6,9-10,12H2,1-4H3. The Morgan fingerprint density at radius 1 is 1.38 bits per heavy atom. The normalized spacial score (nSPS) is 20.2. The first-order chi connectivity index (χ1) is 10.1. The molecule has 1 aliphatic heterocycles. The number of carbonyl (C=O) groups excluding carboxylic acids is 1. The van der Waals surface area contributed by atoms with Crippen molar-refractivity contribution < 1.29 is 4.79 Å². The molecule has 1 heterocycles. The first-order valence-electron chi connectivity index (χ1n) is 7.84. The minimum absolute atomic E-state index is 0.169. The predicted molar refractivity (Wildman–Crippen MR) is 88.0 cm³/mol. The molecule has 0 radical (unpaired) electrons. The van der Waals surface area contributed by atoms with Gasteiger partial charge < -0.3 is 15.1 Å². The molecule has 0 aromatic heterocycles. The van der Waals surface area contributed by atoms with Gasteiger partial charge in [0.2, 0.25) is 0 Å². The summed E-state index contributed by atoms with van der Waals surface area (Å²) >= 11 is 0. The Labute approximate surface area is 128 Å². The number of benzene rings is 1. The van der Waals surface area contributed by atoms with Crippen LogP contribution in [-0.2, 0) is 0 Å². The molecular weight excluding hydrogens is 262 g/mol. The lowest BCUT2D eigenvalue weighted by Gasteiger charge is -2.30. The van der Waals surface area contributed by atoms with Gasteiger partial charge in [-0.25, -0.2) is 0 Å². The van der Waals surface area contributed by atoms with E-state index in [0.717, 1.165) is 49.3 Å². The molecule has 2 rings (SSSR count). The summed E-state index contributed by atoms with van der Waals surface area (Å²) in [5.74, 6) is 0.169. The third kappa shape index (κ3) is 3.56. The van der Waals surface area contributed by atoms with Gasteiger partial charge >= 0.3 is 0 Å². The predicted octanol–water partition coefficient (Wildman–Crippen LogP) is 2.59. The number of carbonyl (C=O) groups is 1. The topological polar surface area (TPSA) is 35.6 Å². The SMILES string of the molecule is CCC1CN(C)CCCN1C(=O)c1ccc(NC)c(C)c1. The molecule has 4 nitrogen and oxygen atoms in total. The second-order valence-corrected chi connectivity index (χ2v) is 5.96. The van der Waals surface area contributed by atoms with Crippen molar-refractivity contribution in [1.29, 1.82) is 0 Å². The van der Waals surface area contributed by atoms with Crippen molar-refractivity contribution >= 4 is 11.6 Å². The summed E-state index contributed by atoms with van der Waals surface area (Å²) in [5, 5.41) is 3.15. The van der Waals surface area contributed by atoms with E-state index in [1.54, 1.807) is 0 Å². The number of nitrogens with zero attached hydrogens (tertiary/aromatic N) is 2. The van der Waals surface area contributed by atoms with Crippen LogP contribution >= 0.6 is 0 Å². The molecule has 116 valence electrons. The first-order valence-corrected chi connectivity index (χ1v) is 7.84. The fraction of sp³-hybridized carbons (Fsp3) is 0.588. The molecule has 1 aromatic rings. The van der Waals surface area contributed by atoms with Gasteiger partial charge in [0, 0.05) is 37.4 Å². The molecule has 21 heavy (non-hydrogen) atoms. The average molecular weight is 289 g/mol. The molecule has 1 aliphatic rings. The number of amides is 1. The first kappa shape index (κ1) is 15.8. The maximum Gasteiger partial charge on any atom is 0.254 e. The summed E-state index contributed by atoms with van der Waals surface area (Å²) in [6.07, 6.45) is 2.05. The van der Waals surface area contributed by atoms with E-state index in [9.17, 15) is 4.79 Å². The molecule has 1 amide bonds. The molecule has 0 spiro atoms. The quantitative estimate of drug-likeness (QED) is 0.929. The van der Waals surface area contributed by atoms with E-state index in [2.05, 4.69) is 29.1 Å². The van der Waals surface area contributed by atoms with Crippen LogP contribution in [0.1, 0.15) is 35.7 Å². The lowest BCUT2D eigenvalue weighted by molar-refractivity contribution is 0.0675. The van der Waals surface area contributed by atoms with Crippen LogP contribution in [0.5, 0.6) is 0 Å². The number of hydrogen-bond acceptors (Lipinski definition) is 3. The Bertz CT molecular complexity index is 501. The van der Waals surface area contributed by atoms with E-state index in [4.69, 9.17) is 0 Å². The second-order valence-electron chi connectivity index (χ2n) is 5.96. The van der Waals surface area contributed by atoms with Gasteiger partial charge in [0.25, 0.3) is 5.91 Å². The third-order valence-corrected chi connectivity index (χ3v) is 4.38. The molecule has 4 heteroatoms. The lowest BCUT2D eigenvalue weighted by Crippen LogP contribution is -2.43. The number of nitrogens with one attached hydrogen (secondary N) is 1. The minimum atomic E-state index is 0.169. The summed E-state index contributed by atoms with van der Waals surface area (Å²) < 4.78 is 0. The fourth-order valence-corrected chi connectivity index (χ4v) is 3.10. The second kappa shape index (κ2) is 6.94. The van der Waals surface area contributed by atoms with Crippen LogP contribution in [0.3, 0.4) is 0 Å². The number of anilines is 1. The zero-order valence-corrected chi connectivity index (χ0v) is 13.6. The van der Waals surface area contributed by atoms with Crippen LogP contribution in [0, 0.1) is 6.92 Å². The monoisotopic (exact) mass is 289 g/mol. The zero-order valence-electron chi connectivity index (χ0n) is 13.6. The van der Waals surface area contributed by atoms with Gasteiger partial charge in [0.1, 0.15) is 0 Å². The summed E-state index contributed by atoms with van der Waals surface area (Å²) in [4.78, 5) is 17.3. The molecule has 1 atom stereocenters. The van der Waals surface area contributed by atoms with Gasteiger partial charge in [0.05, 0.1) is 0 Å². The summed E-state index contributed by atoms with van der Waals surface area (Å²) in [6.45, 7) is 7.10. The van der Waals surface area contributed by atoms with Crippen molar-refractivity contribution in [3.05, 3.63) is 29.3 Å². The van der Waals surface area contributed by atoms with E-state index in [1.807, 2.05) is 32.2 Å². The van der Waals surface area contributed by atoms with Gasteiger partial charge in [-0.05, 0) is 57.1 Å². The summed E-state index contributed by atoms with van der Waals surface area (Å²) in [5.41, 5.74) is 2.99. The smallest absolute Gasteiger partial charge is 0.254 e.